The van der Waals surface area contributed by atoms with Crippen LogP contribution >= 0.6 is 0 Å². The van der Waals surface area contributed by atoms with E-state index in [1.807, 2.05) is 61.5 Å². The second-order valence-corrected chi connectivity index (χ2v) is 5.56. The number of para-hydroxylation sites is 1. The number of ether oxygens (including phenoxy) is 1. The molecule has 1 atom stereocenters. The van der Waals surface area contributed by atoms with E-state index in [0.29, 0.717) is 0 Å². The number of hydrogen-bond donors (Lipinski definition) is 0. The zero-order valence-corrected chi connectivity index (χ0v) is 14.1. The van der Waals surface area contributed by atoms with E-state index in [9.17, 15) is 9.59 Å². The van der Waals surface area contributed by atoms with Crippen LogP contribution < -0.4 is 4.90 Å². The highest BCUT2D eigenvalue weighted by Crippen LogP contribution is 2.13. The van der Waals surface area contributed by atoms with Crippen molar-refractivity contribution in [3.63, 3.8) is 0 Å². The second kappa shape index (κ2) is 8.11. The minimum atomic E-state index is -0.856. The predicted octanol–water partition coefficient (Wildman–Crippen LogP) is 3.60. The van der Waals surface area contributed by atoms with Gasteiger partial charge in [0.2, 0.25) is 0 Å². The standard InChI is InChI=1S/C20H21NO3/c1-15-9-11-17(12-10-15)13-14-19(22)24-16(2)20(23)21(3)18-7-5-4-6-8-18/h4-14,16H,1-3H3/b14-13+/t16-/m1/s1. The van der Waals surface area contributed by atoms with E-state index >= 15 is 0 Å². The molecule has 0 bridgehead atoms. The first kappa shape index (κ1) is 17.5. The molecule has 0 radical (unpaired) electrons. The summed E-state index contributed by atoms with van der Waals surface area (Å²) in [5, 5.41) is 0. The molecule has 24 heavy (non-hydrogen) atoms. The summed E-state index contributed by atoms with van der Waals surface area (Å²) in [6, 6.07) is 17.0. The Morgan fingerprint density at radius 3 is 2.29 bits per heavy atom. The number of likely N-dealkylation sites (N-methyl/N-ethyl adjacent to an activating group) is 1. The number of nitrogens with zero attached hydrogens (tertiary/aromatic N) is 1. The molecule has 0 fully saturated rings. The molecule has 0 aliphatic rings. The van der Waals surface area contributed by atoms with E-state index in [1.165, 1.54) is 11.0 Å². The van der Waals surface area contributed by atoms with Crippen LogP contribution in [0.2, 0.25) is 0 Å². The fraction of sp³-hybridized carbons (Fsp3) is 0.200. The Labute approximate surface area is 142 Å². The van der Waals surface area contributed by atoms with Gasteiger partial charge in [-0.05, 0) is 37.6 Å². The highest BCUT2D eigenvalue weighted by Gasteiger charge is 2.21. The van der Waals surface area contributed by atoms with Gasteiger partial charge in [0.15, 0.2) is 6.10 Å². The van der Waals surface area contributed by atoms with Crippen molar-refractivity contribution in [1.82, 2.24) is 0 Å². The highest BCUT2D eigenvalue weighted by molar-refractivity contribution is 5.98. The van der Waals surface area contributed by atoms with E-state index in [2.05, 4.69) is 0 Å². The van der Waals surface area contributed by atoms with Crippen LogP contribution in [0.4, 0.5) is 5.69 Å². The van der Waals surface area contributed by atoms with Crippen molar-refractivity contribution in [3.05, 3.63) is 71.8 Å². The van der Waals surface area contributed by atoms with Gasteiger partial charge in [-0.25, -0.2) is 4.79 Å². The summed E-state index contributed by atoms with van der Waals surface area (Å²) < 4.78 is 5.18. The normalized spacial score (nSPS) is 12.0. The molecular formula is C20H21NO3. The zero-order chi connectivity index (χ0) is 17.5. The topological polar surface area (TPSA) is 46.6 Å². The first-order chi connectivity index (χ1) is 11.5. The SMILES string of the molecule is Cc1ccc(/C=C/C(=O)O[C@H](C)C(=O)N(C)c2ccccc2)cc1. The summed E-state index contributed by atoms with van der Waals surface area (Å²) in [4.78, 5) is 25.7. The number of hydrogen-bond acceptors (Lipinski definition) is 3. The van der Waals surface area contributed by atoms with Crippen molar-refractivity contribution in [2.24, 2.45) is 0 Å². The minimum Gasteiger partial charge on any atom is -0.449 e. The maximum absolute atomic E-state index is 12.3. The first-order valence-corrected chi connectivity index (χ1v) is 7.75. The average molecular weight is 323 g/mol. The first-order valence-electron chi connectivity index (χ1n) is 7.75. The molecule has 0 saturated heterocycles. The van der Waals surface area contributed by atoms with Gasteiger partial charge in [0.25, 0.3) is 5.91 Å². The molecule has 0 aliphatic heterocycles. The lowest BCUT2D eigenvalue weighted by Crippen LogP contribution is -2.37. The molecule has 4 nitrogen and oxygen atoms in total. The van der Waals surface area contributed by atoms with Gasteiger partial charge < -0.3 is 9.64 Å². The number of carbonyl (C=O) groups excluding carboxylic acids is 2. The maximum Gasteiger partial charge on any atom is 0.331 e. The average Bonchev–Trinajstić information content (AvgIpc) is 2.60. The van der Waals surface area contributed by atoms with Gasteiger partial charge in [-0.15, -0.1) is 0 Å². The lowest BCUT2D eigenvalue weighted by atomic mass is 10.1. The number of carbonyl (C=O) groups is 2. The molecule has 0 aliphatic carbocycles. The fourth-order valence-corrected chi connectivity index (χ4v) is 2.16. The van der Waals surface area contributed by atoms with Crippen LogP contribution in [0.1, 0.15) is 18.1 Å². The van der Waals surface area contributed by atoms with Crippen LogP contribution in [-0.4, -0.2) is 25.0 Å². The number of amides is 1. The quantitative estimate of drug-likeness (QED) is 0.624. The molecule has 1 amide bonds. The molecule has 0 saturated carbocycles. The third-order valence-electron chi connectivity index (χ3n) is 3.60. The minimum absolute atomic E-state index is 0.279. The summed E-state index contributed by atoms with van der Waals surface area (Å²) in [5.74, 6) is -0.823. The smallest absolute Gasteiger partial charge is 0.331 e. The van der Waals surface area contributed by atoms with Crippen molar-refractivity contribution < 1.29 is 14.3 Å². The Morgan fingerprint density at radius 1 is 1.04 bits per heavy atom. The van der Waals surface area contributed by atoms with Gasteiger partial charge in [-0.1, -0.05) is 48.0 Å². The number of esters is 1. The van der Waals surface area contributed by atoms with E-state index in [-0.39, 0.29) is 5.91 Å². The summed E-state index contributed by atoms with van der Waals surface area (Å²) in [7, 11) is 1.66. The van der Waals surface area contributed by atoms with Crippen LogP contribution in [0.5, 0.6) is 0 Å². The molecule has 0 heterocycles. The monoisotopic (exact) mass is 323 g/mol. The molecule has 2 rings (SSSR count). The third-order valence-corrected chi connectivity index (χ3v) is 3.60. The van der Waals surface area contributed by atoms with E-state index in [4.69, 9.17) is 4.74 Å². The van der Waals surface area contributed by atoms with Crippen LogP contribution in [0, 0.1) is 6.92 Å². The maximum atomic E-state index is 12.3. The van der Waals surface area contributed by atoms with E-state index in [0.717, 1.165) is 16.8 Å². The van der Waals surface area contributed by atoms with Crippen LogP contribution in [0.25, 0.3) is 6.08 Å². The van der Waals surface area contributed by atoms with Crippen LogP contribution in [-0.2, 0) is 14.3 Å². The van der Waals surface area contributed by atoms with Crippen molar-refractivity contribution in [2.75, 3.05) is 11.9 Å². The molecule has 0 N–H and O–H groups in total. The largest absolute Gasteiger partial charge is 0.449 e. The summed E-state index contributed by atoms with van der Waals surface area (Å²) in [5.41, 5.74) is 2.80. The van der Waals surface area contributed by atoms with Crippen LogP contribution in [0.3, 0.4) is 0 Å². The molecule has 2 aromatic rings. The number of aryl methyl sites for hydroxylation is 1. The van der Waals surface area contributed by atoms with Gasteiger partial charge in [-0.2, -0.15) is 0 Å². The summed E-state index contributed by atoms with van der Waals surface area (Å²) >= 11 is 0. The van der Waals surface area contributed by atoms with Gasteiger partial charge in [0, 0.05) is 18.8 Å². The van der Waals surface area contributed by atoms with Crippen molar-refractivity contribution in [1.29, 1.82) is 0 Å². The third kappa shape index (κ3) is 4.81. The molecule has 4 heteroatoms. The molecule has 2 aromatic carbocycles. The highest BCUT2D eigenvalue weighted by atomic mass is 16.5. The van der Waals surface area contributed by atoms with Gasteiger partial charge >= 0.3 is 5.97 Å². The van der Waals surface area contributed by atoms with E-state index in [1.54, 1.807) is 20.0 Å². The molecule has 0 aromatic heterocycles. The lowest BCUT2D eigenvalue weighted by Gasteiger charge is -2.21. The van der Waals surface area contributed by atoms with Gasteiger partial charge in [0.05, 0.1) is 0 Å². The molecule has 124 valence electrons. The molecule has 0 unspecified atom stereocenters. The van der Waals surface area contributed by atoms with Crippen molar-refractivity contribution in [3.8, 4) is 0 Å². The predicted molar refractivity (Wildman–Crippen MR) is 95.6 cm³/mol. The Bertz CT molecular complexity index is 720. The second-order valence-electron chi connectivity index (χ2n) is 5.56. The van der Waals surface area contributed by atoms with Crippen LogP contribution in [0.15, 0.2) is 60.7 Å². The van der Waals surface area contributed by atoms with Crippen molar-refractivity contribution in [2.45, 2.75) is 20.0 Å². The zero-order valence-electron chi connectivity index (χ0n) is 14.1. The van der Waals surface area contributed by atoms with E-state index < -0.39 is 12.1 Å². The van der Waals surface area contributed by atoms with Gasteiger partial charge in [-0.3, -0.25) is 4.79 Å². The molecule has 0 spiro atoms. The molecular weight excluding hydrogens is 302 g/mol. The Hall–Kier alpha value is -2.88. The number of benzene rings is 2. The fourth-order valence-electron chi connectivity index (χ4n) is 2.16. The lowest BCUT2D eigenvalue weighted by molar-refractivity contribution is -0.148. The van der Waals surface area contributed by atoms with Gasteiger partial charge in [0.1, 0.15) is 0 Å². The van der Waals surface area contributed by atoms with Crippen molar-refractivity contribution >= 4 is 23.6 Å². The number of rotatable bonds is 5. The Morgan fingerprint density at radius 2 is 1.67 bits per heavy atom. The summed E-state index contributed by atoms with van der Waals surface area (Å²) in [6.45, 7) is 3.57. The summed E-state index contributed by atoms with van der Waals surface area (Å²) in [6.07, 6.45) is 2.14. The number of anilines is 1. The Balaban J connectivity index is 1.93. The Kier molecular flexibility index (Phi) is 5.90.